The largest absolute Gasteiger partial charge is 0.380 e. The zero-order chi connectivity index (χ0) is 12.3. The van der Waals surface area contributed by atoms with Crippen LogP contribution in [0.5, 0.6) is 0 Å². The first-order valence-electron chi connectivity index (χ1n) is 7.49. The highest BCUT2D eigenvalue weighted by Gasteiger charge is 2.30. The fraction of sp³-hybridized carbons (Fsp3) is 1.00. The SMILES string of the molecule is COC1CCCCC1NC1CCC(C)C(C)C1. The maximum Gasteiger partial charge on any atom is 0.0724 e. The van der Waals surface area contributed by atoms with Crippen LogP contribution in [0.25, 0.3) is 0 Å². The molecule has 2 fully saturated rings. The Morgan fingerprint density at radius 2 is 1.71 bits per heavy atom. The second-order valence-corrected chi connectivity index (χ2v) is 6.30. The first kappa shape index (κ1) is 13.4. The summed E-state index contributed by atoms with van der Waals surface area (Å²) in [5.74, 6) is 1.79. The molecule has 2 aliphatic rings. The van der Waals surface area contributed by atoms with E-state index in [1.165, 1.54) is 44.9 Å². The van der Waals surface area contributed by atoms with Gasteiger partial charge in [0.25, 0.3) is 0 Å². The summed E-state index contributed by atoms with van der Waals surface area (Å²) in [5, 5.41) is 3.88. The first-order chi connectivity index (χ1) is 8.20. The first-order valence-corrected chi connectivity index (χ1v) is 7.49. The zero-order valence-corrected chi connectivity index (χ0v) is 11.7. The molecular formula is C15H29NO. The van der Waals surface area contributed by atoms with Gasteiger partial charge in [-0.2, -0.15) is 0 Å². The van der Waals surface area contributed by atoms with Gasteiger partial charge >= 0.3 is 0 Å². The fourth-order valence-corrected chi connectivity index (χ4v) is 3.57. The molecule has 0 aromatic rings. The minimum absolute atomic E-state index is 0.457. The van der Waals surface area contributed by atoms with E-state index < -0.39 is 0 Å². The molecule has 17 heavy (non-hydrogen) atoms. The molecule has 0 radical (unpaired) electrons. The molecule has 2 nitrogen and oxygen atoms in total. The van der Waals surface area contributed by atoms with E-state index in [4.69, 9.17) is 4.74 Å². The van der Waals surface area contributed by atoms with E-state index in [1.54, 1.807) is 0 Å². The molecule has 2 saturated carbocycles. The lowest BCUT2D eigenvalue weighted by Gasteiger charge is -2.38. The lowest BCUT2D eigenvalue weighted by Crippen LogP contribution is -2.49. The van der Waals surface area contributed by atoms with Gasteiger partial charge in [0, 0.05) is 19.2 Å². The van der Waals surface area contributed by atoms with Crippen LogP contribution >= 0.6 is 0 Å². The lowest BCUT2D eigenvalue weighted by molar-refractivity contribution is 0.0331. The van der Waals surface area contributed by atoms with Gasteiger partial charge in [-0.05, 0) is 43.9 Å². The van der Waals surface area contributed by atoms with Crippen LogP contribution in [0.1, 0.15) is 58.8 Å². The molecule has 0 saturated heterocycles. The zero-order valence-electron chi connectivity index (χ0n) is 11.7. The van der Waals surface area contributed by atoms with E-state index in [1.807, 2.05) is 7.11 Å². The van der Waals surface area contributed by atoms with Gasteiger partial charge in [0.2, 0.25) is 0 Å². The van der Waals surface area contributed by atoms with E-state index in [2.05, 4.69) is 19.2 Å². The van der Waals surface area contributed by atoms with Gasteiger partial charge in [-0.15, -0.1) is 0 Å². The van der Waals surface area contributed by atoms with E-state index >= 15 is 0 Å². The number of methoxy groups -OCH3 is 1. The van der Waals surface area contributed by atoms with Crippen LogP contribution in [0.2, 0.25) is 0 Å². The van der Waals surface area contributed by atoms with Crippen LogP contribution in [0, 0.1) is 11.8 Å². The molecule has 2 aliphatic carbocycles. The highest BCUT2D eigenvalue weighted by molar-refractivity contribution is 4.87. The van der Waals surface area contributed by atoms with Crippen LogP contribution in [-0.2, 0) is 4.74 Å². The van der Waals surface area contributed by atoms with Crippen molar-refractivity contribution in [1.82, 2.24) is 5.32 Å². The van der Waals surface area contributed by atoms with Crippen molar-refractivity contribution in [3.63, 3.8) is 0 Å². The second kappa shape index (κ2) is 6.19. The summed E-state index contributed by atoms with van der Waals surface area (Å²) in [6.07, 6.45) is 9.82. The van der Waals surface area contributed by atoms with E-state index in [9.17, 15) is 0 Å². The lowest BCUT2D eigenvalue weighted by atomic mass is 9.78. The second-order valence-electron chi connectivity index (χ2n) is 6.30. The summed E-state index contributed by atoms with van der Waals surface area (Å²) >= 11 is 0. The molecule has 0 aromatic heterocycles. The summed E-state index contributed by atoms with van der Waals surface area (Å²) in [4.78, 5) is 0. The van der Waals surface area contributed by atoms with Gasteiger partial charge in [0.15, 0.2) is 0 Å². The van der Waals surface area contributed by atoms with Crippen LogP contribution in [0.3, 0.4) is 0 Å². The maximum atomic E-state index is 5.63. The molecular weight excluding hydrogens is 210 g/mol. The molecule has 1 N–H and O–H groups in total. The average molecular weight is 239 g/mol. The Hall–Kier alpha value is -0.0800. The number of nitrogens with one attached hydrogen (secondary N) is 1. The van der Waals surface area contributed by atoms with Gasteiger partial charge in [0.05, 0.1) is 6.10 Å². The Labute approximate surface area is 107 Å². The highest BCUT2D eigenvalue weighted by atomic mass is 16.5. The van der Waals surface area contributed by atoms with Crippen molar-refractivity contribution in [2.24, 2.45) is 11.8 Å². The Balaban J connectivity index is 1.83. The molecule has 5 unspecified atom stereocenters. The molecule has 0 amide bonds. The topological polar surface area (TPSA) is 21.3 Å². The normalized spacial score (nSPS) is 43.6. The molecule has 0 spiro atoms. The van der Waals surface area contributed by atoms with Crippen LogP contribution < -0.4 is 5.32 Å². The predicted octanol–water partition coefficient (Wildman–Crippen LogP) is 3.36. The third kappa shape index (κ3) is 3.45. The number of hydrogen-bond donors (Lipinski definition) is 1. The number of hydrogen-bond acceptors (Lipinski definition) is 2. The van der Waals surface area contributed by atoms with Crippen molar-refractivity contribution in [2.45, 2.75) is 77.0 Å². The molecule has 2 rings (SSSR count). The molecule has 5 atom stereocenters. The van der Waals surface area contributed by atoms with Crippen LogP contribution in [0.4, 0.5) is 0 Å². The third-order valence-corrected chi connectivity index (χ3v) is 5.05. The van der Waals surface area contributed by atoms with Crippen LogP contribution in [0.15, 0.2) is 0 Å². The Morgan fingerprint density at radius 3 is 2.41 bits per heavy atom. The van der Waals surface area contributed by atoms with Gasteiger partial charge in [-0.25, -0.2) is 0 Å². The molecule has 0 bridgehead atoms. The van der Waals surface area contributed by atoms with E-state index in [0.29, 0.717) is 12.1 Å². The minimum atomic E-state index is 0.457. The Morgan fingerprint density at radius 1 is 0.941 bits per heavy atom. The summed E-state index contributed by atoms with van der Waals surface area (Å²) in [5.41, 5.74) is 0. The molecule has 100 valence electrons. The summed E-state index contributed by atoms with van der Waals surface area (Å²) < 4.78 is 5.63. The summed E-state index contributed by atoms with van der Waals surface area (Å²) in [6, 6.07) is 1.35. The van der Waals surface area contributed by atoms with Gasteiger partial charge in [0.1, 0.15) is 0 Å². The monoisotopic (exact) mass is 239 g/mol. The molecule has 0 aliphatic heterocycles. The summed E-state index contributed by atoms with van der Waals surface area (Å²) in [7, 11) is 1.87. The van der Waals surface area contributed by atoms with Crippen molar-refractivity contribution >= 4 is 0 Å². The predicted molar refractivity (Wildman–Crippen MR) is 72.2 cm³/mol. The highest BCUT2D eigenvalue weighted by Crippen LogP contribution is 2.31. The van der Waals surface area contributed by atoms with Gasteiger partial charge in [-0.3, -0.25) is 0 Å². The Bertz CT molecular complexity index is 231. The van der Waals surface area contributed by atoms with Crippen molar-refractivity contribution in [1.29, 1.82) is 0 Å². The minimum Gasteiger partial charge on any atom is -0.380 e. The fourth-order valence-electron chi connectivity index (χ4n) is 3.57. The summed E-state index contributed by atoms with van der Waals surface area (Å²) in [6.45, 7) is 4.81. The standard InChI is InChI=1S/C15H29NO/c1-11-8-9-13(10-12(11)2)16-14-6-4-5-7-15(14)17-3/h11-16H,4-10H2,1-3H3. The van der Waals surface area contributed by atoms with E-state index in [-0.39, 0.29) is 0 Å². The van der Waals surface area contributed by atoms with Crippen LogP contribution in [-0.4, -0.2) is 25.3 Å². The quantitative estimate of drug-likeness (QED) is 0.815. The maximum absolute atomic E-state index is 5.63. The Kier molecular flexibility index (Phi) is 4.87. The molecule has 0 aromatic carbocycles. The van der Waals surface area contributed by atoms with E-state index in [0.717, 1.165) is 17.9 Å². The number of ether oxygens (including phenoxy) is 1. The van der Waals surface area contributed by atoms with Crippen molar-refractivity contribution in [2.75, 3.05) is 7.11 Å². The smallest absolute Gasteiger partial charge is 0.0724 e. The molecule has 2 heteroatoms. The van der Waals surface area contributed by atoms with Crippen molar-refractivity contribution < 1.29 is 4.74 Å². The van der Waals surface area contributed by atoms with Gasteiger partial charge in [-0.1, -0.05) is 26.7 Å². The van der Waals surface area contributed by atoms with Crippen molar-refractivity contribution in [3.8, 4) is 0 Å². The third-order valence-electron chi connectivity index (χ3n) is 5.05. The number of rotatable bonds is 3. The molecule has 0 heterocycles. The van der Waals surface area contributed by atoms with Gasteiger partial charge < -0.3 is 10.1 Å². The average Bonchev–Trinajstić information content (AvgIpc) is 2.34. The van der Waals surface area contributed by atoms with Crippen molar-refractivity contribution in [3.05, 3.63) is 0 Å².